The molecule has 18 heavy (non-hydrogen) atoms. The van der Waals surface area contributed by atoms with Crippen molar-refractivity contribution in [1.82, 2.24) is 10.6 Å². The van der Waals surface area contributed by atoms with Crippen molar-refractivity contribution in [3.05, 3.63) is 45.6 Å². The molecule has 1 saturated heterocycles. The minimum atomic E-state index is -0.508. The predicted molar refractivity (Wildman–Crippen MR) is 62.2 cm³/mol. The first-order valence-electron chi connectivity index (χ1n) is 5.10. The summed E-state index contributed by atoms with van der Waals surface area (Å²) in [6, 6.07) is 5.66. The summed E-state index contributed by atoms with van der Waals surface area (Å²) in [6.45, 7) is -0.0452. The summed E-state index contributed by atoms with van der Waals surface area (Å²) in [5.74, 6) is -0.685. The number of hydrogen-bond donors (Lipinski definition) is 2. The summed E-state index contributed by atoms with van der Waals surface area (Å²) in [6.07, 6.45) is 1.45. The maximum Gasteiger partial charge on any atom is 0.269 e. The van der Waals surface area contributed by atoms with Gasteiger partial charge in [-0.2, -0.15) is 0 Å². The van der Waals surface area contributed by atoms with E-state index >= 15 is 0 Å². The Bertz CT molecular complexity index is 548. The lowest BCUT2D eigenvalue weighted by molar-refractivity contribution is -0.384. The Morgan fingerprint density at radius 3 is 2.50 bits per heavy atom. The normalized spacial score (nSPS) is 17.2. The standard InChI is InChI=1S/C11H9N3O4/c15-10-6-12-11(16)9(13-10)5-7-1-3-8(4-2-7)14(17)18/h1-5H,6H2,(H,12,16)(H,13,15)/b9-5+. The third kappa shape index (κ3) is 2.51. The second-order valence-electron chi connectivity index (χ2n) is 3.64. The van der Waals surface area contributed by atoms with E-state index in [4.69, 9.17) is 0 Å². The van der Waals surface area contributed by atoms with E-state index in [0.717, 1.165) is 0 Å². The number of piperazine rings is 1. The van der Waals surface area contributed by atoms with Crippen LogP contribution in [0, 0.1) is 10.1 Å². The zero-order chi connectivity index (χ0) is 13.1. The molecule has 0 bridgehead atoms. The first-order valence-corrected chi connectivity index (χ1v) is 5.10. The first-order chi connectivity index (χ1) is 8.56. The van der Waals surface area contributed by atoms with Crippen LogP contribution in [0.1, 0.15) is 5.56 Å². The fourth-order valence-electron chi connectivity index (χ4n) is 1.47. The summed E-state index contributed by atoms with van der Waals surface area (Å²) in [7, 11) is 0. The second-order valence-corrected chi connectivity index (χ2v) is 3.64. The lowest BCUT2D eigenvalue weighted by Crippen LogP contribution is -2.46. The molecule has 7 nitrogen and oxygen atoms in total. The van der Waals surface area contributed by atoms with Crippen LogP contribution in [0.4, 0.5) is 5.69 Å². The Balaban J connectivity index is 2.23. The average molecular weight is 247 g/mol. The maximum absolute atomic E-state index is 11.4. The summed E-state index contributed by atoms with van der Waals surface area (Å²) in [5.41, 5.74) is 0.683. The van der Waals surface area contributed by atoms with Crippen molar-refractivity contribution in [2.24, 2.45) is 0 Å². The molecule has 0 aromatic heterocycles. The number of nitro benzene ring substituents is 1. The smallest absolute Gasteiger partial charge is 0.269 e. The maximum atomic E-state index is 11.4. The number of hydrogen-bond acceptors (Lipinski definition) is 4. The number of nitro groups is 1. The predicted octanol–water partition coefficient (Wildman–Crippen LogP) is 0.182. The van der Waals surface area contributed by atoms with Gasteiger partial charge in [-0.15, -0.1) is 0 Å². The molecular formula is C11H9N3O4. The van der Waals surface area contributed by atoms with Gasteiger partial charge in [0.15, 0.2) is 0 Å². The molecule has 2 amide bonds. The number of nitrogens with one attached hydrogen (secondary N) is 2. The van der Waals surface area contributed by atoms with Gasteiger partial charge in [-0.05, 0) is 23.8 Å². The third-order valence-electron chi connectivity index (χ3n) is 2.34. The van der Waals surface area contributed by atoms with E-state index in [1.54, 1.807) is 0 Å². The van der Waals surface area contributed by atoms with Crippen LogP contribution in [-0.4, -0.2) is 23.3 Å². The highest BCUT2D eigenvalue weighted by Crippen LogP contribution is 2.14. The quantitative estimate of drug-likeness (QED) is 0.442. The fraction of sp³-hybridized carbons (Fsp3) is 0.0909. The molecule has 0 saturated carbocycles. The molecule has 0 unspecified atom stereocenters. The molecule has 0 atom stereocenters. The van der Waals surface area contributed by atoms with Crippen LogP contribution >= 0.6 is 0 Å². The second kappa shape index (κ2) is 4.66. The van der Waals surface area contributed by atoms with E-state index in [9.17, 15) is 19.7 Å². The van der Waals surface area contributed by atoms with Gasteiger partial charge in [0.2, 0.25) is 5.91 Å². The molecule has 1 aliphatic rings. The van der Waals surface area contributed by atoms with Crippen LogP contribution in [0.5, 0.6) is 0 Å². The molecule has 2 N–H and O–H groups in total. The van der Waals surface area contributed by atoms with Crippen LogP contribution in [0.25, 0.3) is 6.08 Å². The van der Waals surface area contributed by atoms with E-state index < -0.39 is 4.92 Å². The van der Waals surface area contributed by atoms with Crippen molar-refractivity contribution in [3.63, 3.8) is 0 Å². The summed E-state index contributed by atoms with van der Waals surface area (Å²) < 4.78 is 0. The highest BCUT2D eigenvalue weighted by Gasteiger charge is 2.19. The Hall–Kier alpha value is -2.70. The van der Waals surface area contributed by atoms with E-state index in [1.807, 2.05) is 0 Å². The van der Waals surface area contributed by atoms with Gasteiger partial charge in [0.05, 0.1) is 11.5 Å². The van der Waals surface area contributed by atoms with E-state index in [1.165, 1.54) is 30.3 Å². The van der Waals surface area contributed by atoms with Crippen LogP contribution in [-0.2, 0) is 9.59 Å². The summed E-state index contributed by atoms with van der Waals surface area (Å²) in [4.78, 5) is 32.5. The number of non-ortho nitro benzene ring substituents is 1. The van der Waals surface area contributed by atoms with Gasteiger partial charge in [-0.25, -0.2) is 0 Å². The Labute approximate surface area is 102 Å². The van der Waals surface area contributed by atoms with Crippen molar-refractivity contribution < 1.29 is 14.5 Å². The summed E-state index contributed by atoms with van der Waals surface area (Å²) in [5, 5.41) is 15.3. The van der Waals surface area contributed by atoms with E-state index in [-0.39, 0.29) is 29.7 Å². The lowest BCUT2D eigenvalue weighted by Gasteiger charge is -2.15. The number of carbonyl (C=O) groups is 2. The fourth-order valence-corrected chi connectivity index (χ4v) is 1.47. The minimum absolute atomic E-state index is 0.0331. The number of rotatable bonds is 2. The van der Waals surface area contributed by atoms with Crippen LogP contribution in [0.2, 0.25) is 0 Å². The molecule has 0 radical (unpaired) electrons. The van der Waals surface area contributed by atoms with Crippen LogP contribution in [0.3, 0.4) is 0 Å². The molecule has 1 aromatic rings. The highest BCUT2D eigenvalue weighted by molar-refractivity contribution is 6.05. The van der Waals surface area contributed by atoms with Gasteiger partial charge in [-0.3, -0.25) is 19.7 Å². The van der Waals surface area contributed by atoms with Crippen LogP contribution < -0.4 is 10.6 Å². The molecule has 7 heteroatoms. The topological polar surface area (TPSA) is 101 Å². The average Bonchev–Trinajstić information content (AvgIpc) is 2.34. The Kier molecular flexibility index (Phi) is 3.05. The number of benzene rings is 1. The SMILES string of the molecule is O=C1CNC(=O)/C(=C\c2ccc([N+](=O)[O-])cc2)N1. The number of amides is 2. The van der Waals surface area contributed by atoms with Crippen molar-refractivity contribution in [2.75, 3.05) is 6.54 Å². The van der Waals surface area contributed by atoms with Crippen molar-refractivity contribution in [1.29, 1.82) is 0 Å². The molecule has 2 rings (SSSR count). The monoisotopic (exact) mass is 247 g/mol. The third-order valence-corrected chi connectivity index (χ3v) is 2.34. The molecule has 92 valence electrons. The molecule has 1 aromatic carbocycles. The Morgan fingerprint density at radius 1 is 1.22 bits per heavy atom. The number of carbonyl (C=O) groups excluding carboxylic acids is 2. The largest absolute Gasteiger partial charge is 0.342 e. The van der Waals surface area contributed by atoms with Crippen molar-refractivity contribution in [3.8, 4) is 0 Å². The van der Waals surface area contributed by atoms with Gasteiger partial charge >= 0.3 is 0 Å². The highest BCUT2D eigenvalue weighted by atomic mass is 16.6. The van der Waals surface area contributed by atoms with Gasteiger partial charge in [-0.1, -0.05) is 0 Å². The molecule has 0 spiro atoms. The zero-order valence-electron chi connectivity index (χ0n) is 9.17. The molecule has 1 fully saturated rings. The molecular weight excluding hydrogens is 238 g/mol. The van der Waals surface area contributed by atoms with Gasteiger partial charge < -0.3 is 10.6 Å². The molecule has 0 aliphatic carbocycles. The van der Waals surface area contributed by atoms with E-state index in [0.29, 0.717) is 5.56 Å². The lowest BCUT2D eigenvalue weighted by atomic mass is 10.1. The zero-order valence-corrected chi connectivity index (χ0v) is 9.17. The molecule has 1 aliphatic heterocycles. The molecule has 1 heterocycles. The van der Waals surface area contributed by atoms with Gasteiger partial charge in [0.1, 0.15) is 5.70 Å². The first kappa shape index (κ1) is 11.8. The van der Waals surface area contributed by atoms with Crippen LogP contribution in [0.15, 0.2) is 30.0 Å². The Morgan fingerprint density at radius 2 is 1.89 bits per heavy atom. The van der Waals surface area contributed by atoms with Crippen molar-refractivity contribution >= 4 is 23.6 Å². The van der Waals surface area contributed by atoms with Gasteiger partial charge in [0, 0.05) is 12.1 Å². The summed E-state index contributed by atoms with van der Waals surface area (Å²) >= 11 is 0. The van der Waals surface area contributed by atoms with E-state index in [2.05, 4.69) is 10.6 Å². The number of nitrogens with zero attached hydrogens (tertiary/aromatic N) is 1. The van der Waals surface area contributed by atoms with Crippen molar-refractivity contribution in [2.45, 2.75) is 0 Å². The van der Waals surface area contributed by atoms with Gasteiger partial charge in [0.25, 0.3) is 11.6 Å². The minimum Gasteiger partial charge on any atom is -0.342 e.